The van der Waals surface area contributed by atoms with E-state index in [1.807, 2.05) is 12.1 Å². The summed E-state index contributed by atoms with van der Waals surface area (Å²) in [7, 11) is 0. The van der Waals surface area contributed by atoms with E-state index in [4.69, 9.17) is 9.15 Å². The van der Waals surface area contributed by atoms with Crippen molar-refractivity contribution < 1.29 is 14.3 Å². The van der Waals surface area contributed by atoms with Gasteiger partial charge in [-0.1, -0.05) is 12.2 Å². The molecule has 0 radical (unpaired) electrons. The number of anilines is 3. The van der Waals surface area contributed by atoms with Gasteiger partial charge in [-0.2, -0.15) is 0 Å². The molecular formula is C30H30N4O3. The Labute approximate surface area is 216 Å². The molecule has 1 aromatic carbocycles. The van der Waals surface area contributed by atoms with Crippen molar-refractivity contribution in [3.8, 4) is 5.75 Å². The summed E-state index contributed by atoms with van der Waals surface area (Å²) in [6.45, 7) is 1.68. The molecule has 0 amide bonds. The van der Waals surface area contributed by atoms with Gasteiger partial charge in [0, 0.05) is 53.6 Å². The molecule has 3 aromatic rings. The number of hydrogen-bond donors (Lipinski definition) is 3. The SMILES string of the molecule is OC1CCc2c(Nc3ccc4c(c3)OC(c3ccoc3)CN4CCC3=CNC4=CC=CCC34)ccnc21. The predicted molar refractivity (Wildman–Crippen MR) is 143 cm³/mol. The van der Waals surface area contributed by atoms with Crippen LogP contribution in [0.1, 0.15) is 48.3 Å². The lowest BCUT2D eigenvalue weighted by Gasteiger charge is -2.36. The Bertz CT molecular complexity index is 1410. The Morgan fingerprint density at radius 3 is 3.11 bits per heavy atom. The summed E-state index contributed by atoms with van der Waals surface area (Å²) in [4.78, 5) is 6.83. The van der Waals surface area contributed by atoms with E-state index in [-0.39, 0.29) is 6.10 Å². The third kappa shape index (κ3) is 4.09. The van der Waals surface area contributed by atoms with Crippen LogP contribution >= 0.6 is 0 Å². The summed E-state index contributed by atoms with van der Waals surface area (Å²) >= 11 is 0. The number of benzene rings is 1. The number of allylic oxidation sites excluding steroid dienone is 4. The summed E-state index contributed by atoms with van der Waals surface area (Å²) in [6, 6.07) is 10.3. The highest BCUT2D eigenvalue weighted by Gasteiger charge is 2.30. The second-order valence-corrected chi connectivity index (χ2v) is 10.1. The average molecular weight is 495 g/mol. The summed E-state index contributed by atoms with van der Waals surface area (Å²) in [6.07, 6.45) is 17.0. The van der Waals surface area contributed by atoms with Crippen molar-refractivity contribution in [3.63, 3.8) is 0 Å². The lowest BCUT2D eigenvalue weighted by molar-refractivity contribution is 0.176. The Hall–Kier alpha value is -3.97. The van der Waals surface area contributed by atoms with Gasteiger partial charge in [0.15, 0.2) is 0 Å². The molecule has 4 aliphatic rings. The molecule has 0 spiro atoms. The van der Waals surface area contributed by atoms with E-state index in [9.17, 15) is 5.11 Å². The molecule has 2 aliphatic carbocycles. The number of hydrogen-bond acceptors (Lipinski definition) is 7. The van der Waals surface area contributed by atoms with Crippen molar-refractivity contribution in [1.82, 2.24) is 10.3 Å². The van der Waals surface area contributed by atoms with E-state index < -0.39 is 6.10 Å². The number of aliphatic hydroxyl groups excluding tert-OH is 1. The van der Waals surface area contributed by atoms with Crippen molar-refractivity contribution >= 4 is 17.1 Å². The van der Waals surface area contributed by atoms with Crippen LogP contribution in [0.5, 0.6) is 5.75 Å². The number of pyridine rings is 1. The molecular weight excluding hydrogens is 464 g/mol. The van der Waals surface area contributed by atoms with E-state index in [1.54, 1.807) is 18.7 Å². The van der Waals surface area contributed by atoms with E-state index in [2.05, 4.69) is 63.1 Å². The van der Waals surface area contributed by atoms with Crippen LogP contribution in [0.2, 0.25) is 0 Å². The van der Waals surface area contributed by atoms with E-state index in [0.717, 1.165) is 78.4 Å². The molecule has 3 unspecified atom stereocenters. The molecule has 7 nitrogen and oxygen atoms in total. The van der Waals surface area contributed by atoms with Crippen LogP contribution in [0, 0.1) is 5.92 Å². The Morgan fingerprint density at radius 1 is 1.22 bits per heavy atom. The minimum absolute atomic E-state index is 0.106. The molecule has 2 aromatic heterocycles. The van der Waals surface area contributed by atoms with Gasteiger partial charge in [-0.25, -0.2) is 0 Å². The summed E-state index contributed by atoms with van der Waals surface area (Å²) < 4.78 is 11.9. The number of fused-ring (bicyclic) bond motifs is 3. The van der Waals surface area contributed by atoms with E-state index >= 15 is 0 Å². The Kier molecular flexibility index (Phi) is 5.51. The van der Waals surface area contributed by atoms with Gasteiger partial charge >= 0.3 is 0 Å². The molecule has 188 valence electrons. The van der Waals surface area contributed by atoms with Crippen molar-refractivity contribution in [2.45, 2.75) is 37.9 Å². The second kappa shape index (κ2) is 9.16. The van der Waals surface area contributed by atoms with Crippen LogP contribution in [-0.4, -0.2) is 23.2 Å². The minimum Gasteiger partial charge on any atom is -0.481 e. The summed E-state index contributed by atoms with van der Waals surface area (Å²) in [5.41, 5.74) is 8.73. The highest BCUT2D eigenvalue weighted by atomic mass is 16.5. The van der Waals surface area contributed by atoms with Crippen molar-refractivity contribution in [2.75, 3.05) is 23.3 Å². The van der Waals surface area contributed by atoms with Gasteiger partial charge in [0.2, 0.25) is 0 Å². The van der Waals surface area contributed by atoms with Gasteiger partial charge in [-0.3, -0.25) is 4.98 Å². The predicted octanol–water partition coefficient (Wildman–Crippen LogP) is 5.68. The quantitative estimate of drug-likeness (QED) is 0.407. The highest BCUT2D eigenvalue weighted by Crippen LogP contribution is 2.42. The zero-order valence-electron chi connectivity index (χ0n) is 20.6. The third-order valence-corrected chi connectivity index (χ3v) is 7.92. The molecule has 0 bridgehead atoms. The fourth-order valence-corrected chi connectivity index (χ4v) is 5.95. The fourth-order valence-electron chi connectivity index (χ4n) is 5.95. The maximum Gasteiger partial charge on any atom is 0.145 e. The van der Waals surface area contributed by atoms with Crippen LogP contribution in [-0.2, 0) is 6.42 Å². The molecule has 3 N–H and O–H groups in total. The van der Waals surface area contributed by atoms with E-state index in [1.165, 1.54) is 11.3 Å². The molecule has 2 aliphatic heterocycles. The smallest absolute Gasteiger partial charge is 0.145 e. The lowest BCUT2D eigenvalue weighted by atomic mass is 9.90. The zero-order chi connectivity index (χ0) is 24.8. The first-order valence-corrected chi connectivity index (χ1v) is 13.1. The minimum atomic E-state index is -0.478. The molecule has 4 heterocycles. The zero-order valence-corrected chi connectivity index (χ0v) is 20.6. The molecule has 3 atom stereocenters. The van der Waals surface area contributed by atoms with Crippen molar-refractivity contribution in [1.29, 1.82) is 0 Å². The number of aromatic nitrogens is 1. The van der Waals surface area contributed by atoms with Crippen LogP contribution < -0.4 is 20.3 Å². The standard InChI is InChI=1S/C30H30N4O3/c35-27-8-6-23-25(9-12-31-30(23)27)33-21-5-7-26-28(15-21)37-29(20-11-14-36-18-20)17-34(26)13-10-19-16-32-24-4-2-1-3-22(19)24/h1-2,4-5,7,9,11-12,14-16,18,22,27,29,32,35H,3,6,8,10,13,17H2,(H,31,33). The molecule has 7 rings (SSSR count). The molecule has 37 heavy (non-hydrogen) atoms. The van der Waals surface area contributed by atoms with Crippen molar-refractivity contribution in [2.24, 2.45) is 5.92 Å². The lowest BCUT2D eigenvalue weighted by Crippen LogP contribution is -2.36. The molecule has 0 saturated heterocycles. The fraction of sp³-hybridized carbons (Fsp3) is 0.300. The Morgan fingerprint density at radius 2 is 2.19 bits per heavy atom. The van der Waals surface area contributed by atoms with Crippen molar-refractivity contribution in [3.05, 3.63) is 102 Å². The van der Waals surface area contributed by atoms with Crippen LogP contribution in [0.4, 0.5) is 17.1 Å². The second-order valence-electron chi connectivity index (χ2n) is 10.1. The van der Waals surface area contributed by atoms with Gasteiger partial charge < -0.3 is 29.8 Å². The number of nitrogens with one attached hydrogen (secondary N) is 2. The molecule has 0 fully saturated rings. The molecule has 0 saturated carbocycles. The first-order valence-electron chi connectivity index (χ1n) is 13.1. The van der Waals surface area contributed by atoms with Crippen LogP contribution in [0.25, 0.3) is 0 Å². The van der Waals surface area contributed by atoms with Crippen LogP contribution in [0.3, 0.4) is 0 Å². The highest BCUT2D eigenvalue weighted by molar-refractivity contribution is 5.71. The average Bonchev–Trinajstić information content (AvgIpc) is 3.68. The molecule has 7 heteroatoms. The Balaban J connectivity index is 1.15. The summed E-state index contributed by atoms with van der Waals surface area (Å²) in [5, 5.41) is 17.2. The summed E-state index contributed by atoms with van der Waals surface area (Å²) in [5.74, 6) is 1.33. The van der Waals surface area contributed by atoms with Gasteiger partial charge in [-0.15, -0.1) is 0 Å². The van der Waals surface area contributed by atoms with Gasteiger partial charge in [0.25, 0.3) is 0 Å². The number of nitrogens with zero attached hydrogens (tertiary/aromatic N) is 2. The monoisotopic (exact) mass is 494 g/mol. The topological polar surface area (TPSA) is 82.8 Å². The maximum atomic E-state index is 10.2. The van der Waals surface area contributed by atoms with Gasteiger partial charge in [-0.05, 0) is 67.2 Å². The number of rotatable bonds is 6. The maximum absolute atomic E-state index is 10.2. The first-order chi connectivity index (χ1) is 18.2. The van der Waals surface area contributed by atoms with Crippen LogP contribution in [0.15, 0.2) is 89.2 Å². The number of furan rings is 1. The largest absolute Gasteiger partial charge is 0.481 e. The number of aliphatic hydroxyl groups is 1. The normalized spacial score (nSPS) is 23.4. The first kappa shape index (κ1) is 22.2. The van der Waals surface area contributed by atoms with Gasteiger partial charge in [0.05, 0.1) is 36.6 Å². The third-order valence-electron chi connectivity index (χ3n) is 7.92. The van der Waals surface area contributed by atoms with E-state index in [0.29, 0.717) is 5.92 Å². The number of ether oxygens (including phenoxy) is 1. The van der Waals surface area contributed by atoms with Gasteiger partial charge in [0.1, 0.15) is 11.9 Å².